The van der Waals surface area contributed by atoms with Crippen LogP contribution >= 0.6 is 35.6 Å². The molecule has 0 amide bonds. The standard InChI is InChI=1S/C18H21ClN6O2.HI/c19-14-10-13(11-15-16(14)27-9-8-26-15)12-23-17(20)24-4-6-25(7-5-24)18-21-2-1-3-22-18;/h1-3,10-11H,4-9,12H2,(H2,20,23);1H. The van der Waals surface area contributed by atoms with E-state index in [-0.39, 0.29) is 24.0 Å². The number of anilines is 1. The van der Waals surface area contributed by atoms with Crippen LogP contribution in [0.5, 0.6) is 11.5 Å². The van der Waals surface area contributed by atoms with E-state index in [4.69, 9.17) is 26.8 Å². The number of aliphatic imine (C=N–C) groups is 1. The Morgan fingerprint density at radius 2 is 1.82 bits per heavy atom. The first-order chi connectivity index (χ1) is 13.2. The highest BCUT2D eigenvalue weighted by Gasteiger charge is 2.20. The van der Waals surface area contributed by atoms with Crippen LogP contribution in [0, 0.1) is 0 Å². The fourth-order valence-corrected chi connectivity index (χ4v) is 3.41. The molecular formula is C18H22ClIN6O2. The smallest absolute Gasteiger partial charge is 0.225 e. The summed E-state index contributed by atoms with van der Waals surface area (Å²) in [6, 6.07) is 5.56. The van der Waals surface area contributed by atoms with E-state index >= 15 is 0 Å². The molecule has 2 aromatic rings. The van der Waals surface area contributed by atoms with Gasteiger partial charge in [-0.1, -0.05) is 11.6 Å². The lowest BCUT2D eigenvalue weighted by Crippen LogP contribution is -2.51. The largest absolute Gasteiger partial charge is 0.486 e. The molecule has 1 aromatic carbocycles. The predicted octanol–water partition coefficient (Wildman–Crippen LogP) is 2.16. The predicted molar refractivity (Wildman–Crippen MR) is 119 cm³/mol. The van der Waals surface area contributed by atoms with Crippen LogP contribution in [0.3, 0.4) is 0 Å². The first-order valence-electron chi connectivity index (χ1n) is 8.85. The van der Waals surface area contributed by atoms with Crippen molar-refractivity contribution in [3.05, 3.63) is 41.2 Å². The lowest BCUT2D eigenvalue weighted by Gasteiger charge is -2.35. The summed E-state index contributed by atoms with van der Waals surface area (Å²) in [5.74, 6) is 2.53. The molecule has 3 heterocycles. The molecule has 2 aliphatic rings. The van der Waals surface area contributed by atoms with Crippen LogP contribution in [0.1, 0.15) is 5.56 Å². The lowest BCUT2D eigenvalue weighted by atomic mass is 10.2. The minimum absolute atomic E-state index is 0. The number of fused-ring (bicyclic) bond motifs is 1. The first-order valence-corrected chi connectivity index (χ1v) is 9.23. The molecule has 0 atom stereocenters. The molecule has 1 saturated heterocycles. The fraction of sp³-hybridized carbons (Fsp3) is 0.389. The normalized spacial score (nSPS) is 16.5. The van der Waals surface area contributed by atoms with E-state index < -0.39 is 0 Å². The average Bonchev–Trinajstić information content (AvgIpc) is 2.73. The van der Waals surface area contributed by atoms with Crippen LogP contribution in [-0.4, -0.2) is 60.2 Å². The van der Waals surface area contributed by atoms with E-state index in [1.807, 2.05) is 18.2 Å². The molecule has 1 aromatic heterocycles. The van der Waals surface area contributed by atoms with Crippen LogP contribution in [0.2, 0.25) is 5.02 Å². The molecule has 2 aliphatic heterocycles. The molecule has 10 heteroatoms. The van der Waals surface area contributed by atoms with Gasteiger partial charge in [0.2, 0.25) is 5.95 Å². The number of halogens is 2. The zero-order valence-electron chi connectivity index (χ0n) is 15.3. The zero-order valence-corrected chi connectivity index (χ0v) is 18.3. The Labute approximate surface area is 185 Å². The van der Waals surface area contributed by atoms with Gasteiger partial charge in [0, 0.05) is 38.6 Å². The van der Waals surface area contributed by atoms with Gasteiger partial charge in [-0.15, -0.1) is 24.0 Å². The van der Waals surface area contributed by atoms with E-state index in [1.54, 1.807) is 12.4 Å². The van der Waals surface area contributed by atoms with Crippen molar-refractivity contribution >= 4 is 47.5 Å². The lowest BCUT2D eigenvalue weighted by molar-refractivity contribution is 0.171. The monoisotopic (exact) mass is 516 g/mol. The molecule has 0 unspecified atom stereocenters. The molecule has 0 saturated carbocycles. The second-order valence-electron chi connectivity index (χ2n) is 6.30. The summed E-state index contributed by atoms with van der Waals surface area (Å²) in [4.78, 5) is 17.3. The number of ether oxygens (including phenoxy) is 2. The number of nitrogens with two attached hydrogens (primary N) is 1. The number of hydrogen-bond acceptors (Lipinski definition) is 6. The Balaban J connectivity index is 0.00000225. The van der Waals surface area contributed by atoms with Gasteiger partial charge >= 0.3 is 0 Å². The first kappa shape index (κ1) is 20.7. The van der Waals surface area contributed by atoms with Crippen molar-refractivity contribution in [1.82, 2.24) is 14.9 Å². The van der Waals surface area contributed by atoms with Gasteiger partial charge < -0.3 is 25.0 Å². The van der Waals surface area contributed by atoms with Gasteiger partial charge in [-0.25, -0.2) is 15.0 Å². The quantitative estimate of drug-likeness (QED) is 0.380. The molecule has 1 fully saturated rings. The molecule has 0 bridgehead atoms. The Morgan fingerprint density at radius 1 is 1.11 bits per heavy atom. The number of rotatable bonds is 3. The highest BCUT2D eigenvalue weighted by atomic mass is 127. The van der Waals surface area contributed by atoms with Crippen molar-refractivity contribution in [3.8, 4) is 11.5 Å². The average molecular weight is 517 g/mol. The van der Waals surface area contributed by atoms with E-state index in [0.29, 0.717) is 42.2 Å². The van der Waals surface area contributed by atoms with Crippen LogP contribution in [-0.2, 0) is 6.54 Å². The molecular weight excluding hydrogens is 495 g/mol. The maximum absolute atomic E-state index is 6.27. The third-order valence-corrected chi connectivity index (χ3v) is 4.80. The van der Waals surface area contributed by atoms with Gasteiger partial charge in [0.15, 0.2) is 17.5 Å². The summed E-state index contributed by atoms with van der Waals surface area (Å²) in [5, 5.41) is 0.535. The highest BCUT2D eigenvalue weighted by molar-refractivity contribution is 14.0. The molecule has 2 N–H and O–H groups in total. The second-order valence-corrected chi connectivity index (χ2v) is 6.71. The molecule has 8 nitrogen and oxygen atoms in total. The van der Waals surface area contributed by atoms with Crippen LogP contribution in [0.15, 0.2) is 35.6 Å². The topological polar surface area (TPSA) is 89.1 Å². The van der Waals surface area contributed by atoms with Crippen molar-refractivity contribution in [2.75, 3.05) is 44.3 Å². The molecule has 4 rings (SSSR count). The van der Waals surface area contributed by atoms with Gasteiger partial charge in [-0.05, 0) is 23.8 Å². The van der Waals surface area contributed by atoms with Gasteiger partial charge in [0.1, 0.15) is 13.2 Å². The molecule has 0 spiro atoms. The van der Waals surface area contributed by atoms with Gasteiger partial charge in [0.05, 0.1) is 11.6 Å². The van der Waals surface area contributed by atoms with E-state index in [9.17, 15) is 0 Å². The van der Waals surface area contributed by atoms with Crippen molar-refractivity contribution < 1.29 is 9.47 Å². The van der Waals surface area contributed by atoms with E-state index in [1.165, 1.54) is 0 Å². The fourth-order valence-electron chi connectivity index (χ4n) is 3.12. The number of aromatic nitrogens is 2. The van der Waals surface area contributed by atoms with Crippen LogP contribution in [0.25, 0.3) is 0 Å². The maximum atomic E-state index is 6.27. The summed E-state index contributed by atoms with van der Waals surface area (Å²) in [6.07, 6.45) is 3.51. The van der Waals surface area contributed by atoms with Crippen LogP contribution in [0.4, 0.5) is 5.95 Å². The third-order valence-electron chi connectivity index (χ3n) is 4.52. The number of benzene rings is 1. The van der Waals surface area contributed by atoms with Crippen LogP contribution < -0.4 is 20.1 Å². The number of guanidine groups is 1. The van der Waals surface area contributed by atoms with Crippen molar-refractivity contribution in [2.45, 2.75) is 6.54 Å². The summed E-state index contributed by atoms with van der Waals surface area (Å²) in [6.45, 7) is 4.62. The number of nitrogens with zero attached hydrogens (tertiary/aromatic N) is 5. The maximum Gasteiger partial charge on any atom is 0.225 e. The third kappa shape index (κ3) is 4.69. The SMILES string of the molecule is I.NC(=NCc1cc(Cl)c2c(c1)OCCO2)N1CCN(c2ncccn2)CC1. The van der Waals surface area contributed by atoms with Gasteiger partial charge in [0.25, 0.3) is 0 Å². The molecule has 0 radical (unpaired) electrons. The molecule has 28 heavy (non-hydrogen) atoms. The molecule has 0 aliphatic carbocycles. The minimum Gasteiger partial charge on any atom is -0.486 e. The van der Waals surface area contributed by atoms with Crippen molar-refractivity contribution in [1.29, 1.82) is 0 Å². The Morgan fingerprint density at radius 3 is 2.57 bits per heavy atom. The van der Waals surface area contributed by atoms with Gasteiger partial charge in [-0.3, -0.25) is 0 Å². The Bertz CT molecular complexity index is 830. The zero-order chi connectivity index (χ0) is 18.6. The highest BCUT2D eigenvalue weighted by Crippen LogP contribution is 2.38. The Hall–Kier alpha value is -2.01. The summed E-state index contributed by atoms with van der Waals surface area (Å²) in [7, 11) is 0. The summed E-state index contributed by atoms with van der Waals surface area (Å²) < 4.78 is 11.1. The van der Waals surface area contributed by atoms with E-state index in [2.05, 4.69) is 24.8 Å². The Kier molecular flexibility index (Phi) is 7.00. The number of hydrogen-bond donors (Lipinski definition) is 1. The van der Waals surface area contributed by atoms with Crippen molar-refractivity contribution in [3.63, 3.8) is 0 Å². The van der Waals surface area contributed by atoms with Gasteiger partial charge in [-0.2, -0.15) is 0 Å². The summed E-state index contributed by atoms with van der Waals surface area (Å²) in [5.41, 5.74) is 7.13. The van der Waals surface area contributed by atoms with E-state index in [0.717, 1.165) is 37.7 Å². The molecule has 150 valence electrons. The summed E-state index contributed by atoms with van der Waals surface area (Å²) >= 11 is 6.27. The minimum atomic E-state index is 0. The van der Waals surface area contributed by atoms with Crippen molar-refractivity contribution in [2.24, 2.45) is 10.7 Å². The number of piperazine rings is 1. The second kappa shape index (κ2) is 9.46.